The fourth-order valence-electron chi connectivity index (χ4n) is 7.77. The molecule has 0 aliphatic carbocycles. The van der Waals surface area contributed by atoms with Crippen LogP contribution in [0.15, 0.2) is 64.5 Å². The van der Waals surface area contributed by atoms with Gasteiger partial charge in [0.25, 0.3) is 0 Å². The molecule has 266 valence electrons. The summed E-state index contributed by atoms with van der Waals surface area (Å²) in [6.45, 7) is 19.0. The number of aliphatic imine (C=N–C) groups is 1. The molecule has 48 heavy (non-hydrogen) atoms. The van der Waals surface area contributed by atoms with E-state index in [1.807, 2.05) is 17.0 Å². The molecule has 2 aromatic carbocycles. The van der Waals surface area contributed by atoms with Crippen molar-refractivity contribution in [1.82, 2.24) is 9.80 Å². The minimum Gasteiger partial charge on any atom is -0.477 e. The number of hydrogen-bond donors (Lipinski definition) is 0. The number of hydrogen-bond acceptors (Lipinski definition) is 4. The van der Waals surface area contributed by atoms with Crippen LogP contribution in [0.3, 0.4) is 0 Å². The van der Waals surface area contributed by atoms with Gasteiger partial charge in [-0.3, -0.25) is 4.90 Å². The molecule has 1 saturated heterocycles. The summed E-state index contributed by atoms with van der Waals surface area (Å²) in [7, 11) is 0. The first kappa shape index (κ1) is 38.2. The van der Waals surface area contributed by atoms with Crippen molar-refractivity contribution < 1.29 is 9.13 Å². The second kappa shape index (κ2) is 18.4. The maximum atomic E-state index is 14.2. The summed E-state index contributed by atoms with van der Waals surface area (Å²) in [5.41, 5.74) is 3.84. The fourth-order valence-corrected chi connectivity index (χ4v) is 8.04. The van der Waals surface area contributed by atoms with E-state index < -0.39 is 6.80 Å². The molecule has 7 heteroatoms. The number of halogens is 2. The molecule has 4 rings (SSSR count). The highest BCUT2D eigenvalue weighted by atomic mass is 35.5. The van der Waals surface area contributed by atoms with Gasteiger partial charge in [0.2, 0.25) is 5.88 Å². The van der Waals surface area contributed by atoms with Crippen LogP contribution in [0.2, 0.25) is 5.02 Å². The van der Waals surface area contributed by atoms with E-state index in [-0.39, 0.29) is 11.5 Å². The molecule has 0 radical (unpaired) electrons. The number of unbranched alkanes of at least 4 members (excludes halogenated alkanes) is 2. The van der Waals surface area contributed by atoms with Gasteiger partial charge in [-0.05, 0) is 79.7 Å². The molecule has 2 aliphatic rings. The van der Waals surface area contributed by atoms with Gasteiger partial charge in [0.15, 0.2) is 0 Å². The molecule has 0 amide bonds. The summed E-state index contributed by atoms with van der Waals surface area (Å²) < 4.78 is 21.1. The van der Waals surface area contributed by atoms with E-state index in [1.165, 1.54) is 55.4 Å². The molecule has 0 saturated carbocycles. The predicted octanol–water partition coefficient (Wildman–Crippen LogP) is 11.4. The van der Waals surface area contributed by atoms with Crippen molar-refractivity contribution in [2.24, 2.45) is 16.3 Å². The van der Waals surface area contributed by atoms with Gasteiger partial charge in [0.05, 0.1) is 18.3 Å². The number of ether oxygens (including phenoxy) is 1. The van der Waals surface area contributed by atoms with Crippen molar-refractivity contribution in [2.45, 2.75) is 119 Å². The molecule has 0 bridgehead atoms. The van der Waals surface area contributed by atoms with Gasteiger partial charge in [-0.2, -0.15) is 4.99 Å². The molecule has 1 fully saturated rings. The zero-order valence-electron chi connectivity index (χ0n) is 31.0. The lowest BCUT2D eigenvalue weighted by Crippen LogP contribution is -2.38. The van der Waals surface area contributed by atoms with Crippen molar-refractivity contribution in [3.8, 4) is 0 Å². The van der Waals surface area contributed by atoms with Crippen molar-refractivity contribution in [1.29, 1.82) is 0 Å². The molecule has 0 N–H and O–H groups in total. The Labute approximate surface area is 296 Å². The third-order valence-electron chi connectivity index (χ3n) is 11.1. The molecular formula is C41H62ClFN4O. The summed E-state index contributed by atoms with van der Waals surface area (Å²) >= 11 is 6.75. The van der Waals surface area contributed by atoms with Crippen molar-refractivity contribution in [3.63, 3.8) is 0 Å². The highest BCUT2D eigenvalue weighted by molar-refractivity contribution is 6.36. The SMILES string of the molecule is CC/C=C(/N=C(\C1=C(C)CN(c2cccc3cccc(Cl)c23)CC1)N1CC(CC)N(CF)C1)OCC(CCCC)(CCCC)C(C)CC. The Hall–Kier alpha value is -2.57. The van der Waals surface area contributed by atoms with E-state index in [0.29, 0.717) is 25.1 Å². The monoisotopic (exact) mass is 680 g/mol. The first-order chi connectivity index (χ1) is 23.2. The van der Waals surface area contributed by atoms with Crippen LogP contribution in [-0.2, 0) is 4.74 Å². The molecule has 2 heterocycles. The van der Waals surface area contributed by atoms with Gasteiger partial charge in [-0.1, -0.05) is 110 Å². The Morgan fingerprint density at radius 3 is 2.38 bits per heavy atom. The van der Waals surface area contributed by atoms with Crippen LogP contribution in [-0.4, -0.2) is 61.4 Å². The number of nitrogens with zero attached hydrogens (tertiary/aromatic N) is 4. The lowest BCUT2D eigenvalue weighted by Gasteiger charge is -2.39. The average Bonchev–Trinajstić information content (AvgIpc) is 3.53. The number of anilines is 1. The minimum absolute atomic E-state index is 0.134. The summed E-state index contributed by atoms with van der Waals surface area (Å²) in [6, 6.07) is 12.7. The zero-order chi connectivity index (χ0) is 34.7. The van der Waals surface area contributed by atoms with Crippen LogP contribution in [0, 0.1) is 11.3 Å². The first-order valence-electron chi connectivity index (χ1n) is 18.8. The van der Waals surface area contributed by atoms with Crippen LogP contribution in [0.5, 0.6) is 0 Å². The number of rotatable bonds is 17. The van der Waals surface area contributed by atoms with Crippen molar-refractivity contribution >= 4 is 33.9 Å². The van der Waals surface area contributed by atoms with Gasteiger partial charge in [-0.15, -0.1) is 0 Å². The Morgan fingerprint density at radius 2 is 1.79 bits per heavy atom. The predicted molar refractivity (Wildman–Crippen MR) is 205 cm³/mol. The Morgan fingerprint density at radius 1 is 1.08 bits per heavy atom. The van der Waals surface area contributed by atoms with Gasteiger partial charge in [0.1, 0.15) is 12.6 Å². The number of benzene rings is 2. The van der Waals surface area contributed by atoms with Crippen molar-refractivity contribution in [2.75, 3.05) is 44.6 Å². The highest BCUT2D eigenvalue weighted by Crippen LogP contribution is 2.42. The standard InChI is InChI=1S/C41H62ClFN4O/c1-8-13-23-41(24-14-9-2,32(7)11-4)28-48-38(17-10-3)44-40(46-27-34(12-5)47(29-43)30-46)35-22-25-45(26-31(35)6)37-21-16-19-33-18-15-20-36(42)39(33)37/h15-21,32,34H,8-14,22-30H2,1-7H3/b38-17-,44-40+. The summed E-state index contributed by atoms with van der Waals surface area (Å²) in [5.74, 6) is 2.23. The van der Waals surface area contributed by atoms with Crippen molar-refractivity contribution in [3.05, 3.63) is 64.5 Å². The van der Waals surface area contributed by atoms with E-state index in [0.717, 1.165) is 66.9 Å². The molecule has 0 aromatic heterocycles. The van der Waals surface area contributed by atoms with Crippen LogP contribution in [0.1, 0.15) is 113 Å². The maximum Gasteiger partial charge on any atom is 0.211 e. The first-order valence-corrected chi connectivity index (χ1v) is 19.2. The molecule has 2 aromatic rings. The zero-order valence-corrected chi connectivity index (χ0v) is 31.7. The normalized spacial score (nSPS) is 19.1. The highest BCUT2D eigenvalue weighted by Gasteiger charge is 2.37. The van der Waals surface area contributed by atoms with Crippen LogP contribution < -0.4 is 4.90 Å². The van der Waals surface area contributed by atoms with E-state index in [2.05, 4.69) is 88.6 Å². The Bertz CT molecular complexity index is 1400. The molecule has 2 atom stereocenters. The second-order valence-corrected chi connectivity index (χ2v) is 14.6. The van der Waals surface area contributed by atoms with Crippen LogP contribution >= 0.6 is 11.6 Å². The summed E-state index contributed by atoms with van der Waals surface area (Å²) in [6.07, 6.45) is 13.1. The van der Waals surface area contributed by atoms with Gasteiger partial charge in [-0.25, -0.2) is 4.39 Å². The largest absolute Gasteiger partial charge is 0.477 e. The smallest absolute Gasteiger partial charge is 0.211 e. The molecule has 2 unspecified atom stereocenters. The Kier molecular flexibility index (Phi) is 14.7. The van der Waals surface area contributed by atoms with Crippen LogP contribution in [0.4, 0.5) is 10.1 Å². The number of alkyl halides is 1. The molecule has 2 aliphatic heterocycles. The second-order valence-electron chi connectivity index (χ2n) is 14.2. The fraction of sp³-hybridized carbons (Fsp3) is 0.634. The molecule has 5 nitrogen and oxygen atoms in total. The van der Waals surface area contributed by atoms with Crippen LogP contribution in [0.25, 0.3) is 10.8 Å². The molecule has 0 spiro atoms. The maximum absolute atomic E-state index is 14.2. The lowest BCUT2D eigenvalue weighted by molar-refractivity contribution is 0.0225. The lowest BCUT2D eigenvalue weighted by atomic mass is 9.69. The summed E-state index contributed by atoms with van der Waals surface area (Å²) in [4.78, 5) is 12.1. The summed E-state index contributed by atoms with van der Waals surface area (Å²) in [5, 5.41) is 3.04. The average molecular weight is 681 g/mol. The van der Waals surface area contributed by atoms with E-state index in [1.54, 1.807) is 0 Å². The quantitative estimate of drug-likeness (QED) is 0.0720. The van der Waals surface area contributed by atoms with Gasteiger partial charge < -0.3 is 14.5 Å². The molecular weight excluding hydrogens is 619 g/mol. The number of allylic oxidation sites excluding steroid dienone is 1. The van der Waals surface area contributed by atoms with Gasteiger partial charge in [0, 0.05) is 42.2 Å². The Balaban J connectivity index is 1.71. The van der Waals surface area contributed by atoms with E-state index in [4.69, 9.17) is 21.3 Å². The topological polar surface area (TPSA) is 31.3 Å². The van der Waals surface area contributed by atoms with Gasteiger partial charge >= 0.3 is 0 Å². The number of amidine groups is 1. The third-order valence-corrected chi connectivity index (χ3v) is 11.4. The minimum atomic E-state index is -0.448. The van der Waals surface area contributed by atoms with E-state index in [9.17, 15) is 4.39 Å². The number of fused-ring (bicyclic) bond motifs is 1. The van der Waals surface area contributed by atoms with E-state index >= 15 is 0 Å². The third kappa shape index (κ3) is 8.96.